The molecule has 0 fully saturated rings. The maximum absolute atomic E-state index is 10.9. The Labute approximate surface area is 91.7 Å². The average molecular weight is 217 g/mol. The Hall–Kier alpha value is -0.450. The summed E-state index contributed by atoms with van der Waals surface area (Å²) >= 11 is 0. The van der Waals surface area contributed by atoms with Crippen molar-refractivity contribution < 1.29 is 15.0 Å². The Kier molecular flexibility index (Phi) is 6.02. The Morgan fingerprint density at radius 3 is 2.13 bits per heavy atom. The van der Waals surface area contributed by atoms with Crippen LogP contribution in [-0.2, 0) is 4.79 Å². The Morgan fingerprint density at radius 1 is 1.27 bits per heavy atom. The van der Waals surface area contributed by atoms with Gasteiger partial charge in [-0.05, 0) is 13.3 Å². The van der Waals surface area contributed by atoms with Gasteiger partial charge in [-0.2, -0.15) is 0 Å². The van der Waals surface area contributed by atoms with Crippen molar-refractivity contribution in [1.82, 2.24) is 5.32 Å². The molecule has 4 heteroatoms. The summed E-state index contributed by atoms with van der Waals surface area (Å²) in [4.78, 5) is 10.9. The highest BCUT2D eigenvalue weighted by molar-refractivity contribution is 5.59. The molecule has 3 N–H and O–H groups in total. The van der Waals surface area contributed by atoms with Crippen LogP contribution >= 0.6 is 0 Å². The van der Waals surface area contributed by atoms with E-state index in [9.17, 15) is 4.79 Å². The topological polar surface area (TPSA) is 69.6 Å². The molecule has 0 spiro atoms. The molecule has 1 atom stereocenters. The van der Waals surface area contributed by atoms with E-state index in [2.05, 4.69) is 5.32 Å². The van der Waals surface area contributed by atoms with E-state index in [4.69, 9.17) is 10.2 Å². The minimum absolute atomic E-state index is 0.148. The van der Waals surface area contributed by atoms with Crippen molar-refractivity contribution in [3.05, 3.63) is 0 Å². The van der Waals surface area contributed by atoms with Gasteiger partial charge in [-0.3, -0.25) is 0 Å². The second-order valence-electron chi connectivity index (χ2n) is 4.75. The van der Waals surface area contributed by atoms with Crippen LogP contribution in [0.5, 0.6) is 0 Å². The predicted octanol–water partition coefficient (Wildman–Crippen LogP) is 0.325. The minimum Gasteiger partial charge on any atom is -0.394 e. The Bertz CT molecular complexity index is 192. The first-order chi connectivity index (χ1) is 6.95. The lowest BCUT2D eigenvalue weighted by Crippen LogP contribution is -2.52. The third-order valence-corrected chi connectivity index (χ3v) is 2.72. The van der Waals surface area contributed by atoms with E-state index in [0.717, 1.165) is 19.1 Å². The summed E-state index contributed by atoms with van der Waals surface area (Å²) in [7, 11) is 0. The lowest BCUT2D eigenvalue weighted by Gasteiger charge is -2.31. The van der Waals surface area contributed by atoms with Gasteiger partial charge < -0.3 is 20.3 Å². The summed E-state index contributed by atoms with van der Waals surface area (Å²) in [6.45, 7) is 5.81. The second-order valence-corrected chi connectivity index (χ2v) is 4.75. The van der Waals surface area contributed by atoms with Gasteiger partial charge in [0.15, 0.2) is 0 Å². The molecule has 0 rings (SSSR count). The predicted molar refractivity (Wildman–Crippen MR) is 59.7 cm³/mol. The van der Waals surface area contributed by atoms with Gasteiger partial charge in [0.1, 0.15) is 6.29 Å². The van der Waals surface area contributed by atoms with Gasteiger partial charge in [0.05, 0.1) is 18.8 Å². The van der Waals surface area contributed by atoms with Gasteiger partial charge in [0.25, 0.3) is 0 Å². The zero-order valence-corrected chi connectivity index (χ0v) is 9.92. The quantitative estimate of drug-likeness (QED) is 0.512. The van der Waals surface area contributed by atoms with Crippen molar-refractivity contribution >= 4 is 6.29 Å². The van der Waals surface area contributed by atoms with E-state index >= 15 is 0 Å². The Balaban J connectivity index is 4.26. The maximum Gasteiger partial charge on any atom is 0.127 e. The van der Waals surface area contributed by atoms with Crippen LogP contribution in [0.25, 0.3) is 0 Å². The van der Waals surface area contributed by atoms with Gasteiger partial charge in [-0.25, -0.2) is 0 Å². The molecule has 0 saturated heterocycles. The van der Waals surface area contributed by atoms with E-state index < -0.39 is 11.0 Å². The first kappa shape index (κ1) is 14.6. The summed E-state index contributed by atoms with van der Waals surface area (Å²) in [6.07, 6.45) is 2.68. The van der Waals surface area contributed by atoms with Gasteiger partial charge in [-0.15, -0.1) is 0 Å². The van der Waals surface area contributed by atoms with Crippen molar-refractivity contribution in [2.75, 3.05) is 19.8 Å². The second kappa shape index (κ2) is 6.20. The van der Waals surface area contributed by atoms with E-state index in [1.165, 1.54) is 0 Å². The van der Waals surface area contributed by atoms with E-state index in [1.54, 1.807) is 6.92 Å². The smallest absolute Gasteiger partial charge is 0.127 e. The molecule has 0 radical (unpaired) electrons. The molecule has 0 bridgehead atoms. The van der Waals surface area contributed by atoms with Crippen LogP contribution in [0.3, 0.4) is 0 Å². The molecule has 0 aromatic carbocycles. The minimum atomic E-state index is -0.710. The summed E-state index contributed by atoms with van der Waals surface area (Å²) in [5, 5.41) is 21.2. The summed E-state index contributed by atoms with van der Waals surface area (Å²) < 4.78 is 0. The molecule has 0 aliphatic carbocycles. The monoisotopic (exact) mass is 217 g/mol. The van der Waals surface area contributed by atoms with Crippen molar-refractivity contribution in [3.63, 3.8) is 0 Å². The summed E-state index contributed by atoms with van der Waals surface area (Å²) in [6, 6.07) is 0. The SMILES string of the molecule is CCCC(C)(C=O)CNC(C)(CO)CO. The number of nitrogens with one attached hydrogen (secondary N) is 1. The molecule has 0 aromatic heterocycles. The van der Waals surface area contributed by atoms with E-state index in [0.29, 0.717) is 6.54 Å². The number of hydrogen-bond donors (Lipinski definition) is 3. The normalized spacial score (nSPS) is 16.1. The first-order valence-electron chi connectivity index (χ1n) is 5.38. The fraction of sp³-hybridized carbons (Fsp3) is 0.909. The highest BCUT2D eigenvalue weighted by Crippen LogP contribution is 2.20. The zero-order chi connectivity index (χ0) is 11.9. The number of aliphatic hydroxyl groups excluding tert-OH is 2. The molecule has 0 aromatic rings. The molecule has 0 aliphatic heterocycles. The van der Waals surface area contributed by atoms with Crippen molar-refractivity contribution in [3.8, 4) is 0 Å². The molecule has 0 heterocycles. The van der Waals surface area contributed by atoms with Crippen LogP contribution in [-0.4, -0.2) is 41.8 Å². The molecule has 0 amide bonds. The fourth-order valence-corrected chi connectivity index (χ4v) is 1.34. The van der Waals surface area contributed by atoms with Crippen LogP contribution < -0.4 is 5.32 Å². The van der Waals surface area contributed by atoms with E-state index in [1.807, 2.05) is 13.8 Å². The largest absolute Gasteiger partial charge is 0.394 e. The Morgan fingerprint density at radius 2 is 1.80 bits per heavy atom. The number of carbonyl (C=O) groups is 1. The molecule has 4 nitrogen and oxygen atoms in total. The zero-order valence-electron chi connectivity index (χ0n) is 9.92. The standard InChI is InChI=1S/C11H23NO3/c1-4-5-10(2,7-13)6-12-11(3,8-14)9-15/h7,12,14-15H,4-6,8-9H2,1-3H3. The van der Waals surface area contributed by atoms with Gasteiger partial charge in [0, 0.05) is 12.0 Å². The van der Waals surface area contributed by atoms with Gasteiger partial charge in [0.2, 0.25) is 0 Å². The van der Waals surface area contributed by atoms with Crippen LogP contribution in [0.4, 0.5) is 0 Å². The van der Waals surface area contributed by atoms with Crippen LogP contribution in [0.2, 0.25) is 0 Å². The van der Waals surface area contributed by atoms with E-state index in [-0.39, 0.29) is 13.2 Å². The van der Waals surface area contributed by atoms with Gasteiger partial charge >= 0.3 is 0 Å². The third kappa shape index (κ3) is 4.73. The highest BCUT2D eigenvalue weighted by Gasteiger charge is 2.28. The van der Waals surface area contributed by atoms with Crippen molar-refractivity contribution in [1.29, 1.82) is 0 Å². The summed E-state index contributed by atoms with van der Waals surface area (Å²) in [5.74, 6) is 0. The molecule has 0 saturated carbocycles. The van der Waals surface area contributed by atoms with Crippen molar-refractivity contribution in [2.45, 2.75) is 39.2 Å². The first-order valence-corrected chi connectivity index (χ1v) is 5.38. The molecule has 1 unspecified atom stereocenters. The number of hydrogen-bond acceptors (Lipinski definition) is 4. The fourth-order valence-electron chi connectivity index (χ4n) is 1.34. The molecular weight excluding hydrogens is 194 g/mol. The van der Waals surface area contributed by atoms with Crippen LogP contribution in [0.15, 0.2) is 0 Å². The lowest BCUT2D eigenvalue weighted by atomic mass is 9.86. The number of aldehydes is 1. The summed E-state index contributed by atoms with van der Waals surface area (Å²) in [5.41, 5.74) is -1.13. The van der Waals surface area contributed by atoms with Gasteiger partial charge in [-0.1, -0.05) is 20.3 Å². The van der Waals surface area contributed by atoms with Crippen LogP contribution in [0, 0.1) is 5.41 Å². The lowest BCUT2D eigenvalue weighted by molar-refractivity contribution is -0.116. The molecular formula is C11H23NO3. The molecule has 90 valence electrons. The number of rotatable bonds is 8. The van der Waals surface area contributed by atoms with Crippen LogP contribution in [0.1, 0.15) is 33.6 Å². The highest BCUT2D eigenvalue weighted by atomic mass is 16.3. The maximum atomic E-state index is 10.9. The number of aliphatic hydroxyl groups is 2. The molecule has 0 aliphatic rings. The van der Waals surface area contributed by atoms with Crippen molar-refractivity contribution in [2.24, 2.45) is 5.41 Å². The molecule has 15 heavy (non-hydrogen) atoms. The average Bonchev–Trinajstić information content (AvgIpc) is 2.26. The number of carbonyl (C=O) groups excluding carboxylic acids is 1. The third-order valence-electron chi connectivity index (χ3n) is 2.72.